The Morgan fingerprint density at radius 1 is 1.31 bits per heavy atom. The Labute approximate surface area is 184 Å². The van der Waals surface area contributed by atoms with E-state index in [4.69, 9.17) is 9.47 Å². The van der Waals surface area contributed by atoms with E-state index in [0.29, 0.717) is 50.1 Å². The van der Waals surface area contributed by atoms with Gasteiger partial charge in [0.05, 0.1) is 17.1 Å². The first kappa shape index (κ1) is 22.8. The van der Waals surface area contributed by atoms with E-state index in [9.17, 15) is 22.8 Å². The number of rotatable bonds is 2. The van der Waals surface area contributed by atoms with Gasteiger partial charge in [-0.2, -0.15) is 13.2 Å². The van der Waals surface area contributed by atoms with Gasteiger partial charge in [0.15, 0.2) is 0 Å². The first-order valence-electron chi connectivity index (χ1n) is 10.8. The average Bonchev–Trinajstić information content (AvgIpc) is 3.22. The molecule has 176 valence electrons. The highest BCUT2D eigenvalue weighted by Crippen LogP contribution is 2.49. The molecular weight excluding hydrogens is 427 g/mol. The van der Waals surface area contributed by atoms with Gasteiger partial charge < -0.3 is 19.7 Å². The highest BCUT2D eigenvalue weighted by molar-refractivity contribution is 5.85. The van der Waals surface area contributed by atoms with E-state index >= 15 is 0 Å². The number of pyridine rings is 1. The standard InChI is InChI=1S/C22H28F3N3O4/c1-20(2,3)32-19(30)27-15-9-17-21(10-15,5-7-31-17)18(29)28-6-4-16-13(12-28)8-14(11-26-16)22(23,24)25/h8,11,15,17H,4-7,9-10,12H2,1-3H3,(H,27,30). The fourth-order valence-electron chi connectivity index (χ4n) is 5.00. The van der Waals surface area contributed by atoms with Crippen LogP contribution in [0.5, 0.6) is 0 Å². The number of ether oxygens (including phenoxy) is 2. The SMILES string of the molecule is CC(C)(C)OC(=O)NC1CC2OCCC2(C(=O)N2CCc3ncc(C(F)(F)F)cc3C2)C1. The maximum atomic E-state index is 13.6. The molecule has 0 radical (unpaired) electrons. The number of nitrogens with zero attached hydrogens (tertiary/aromatic N) is 2. The van der Waals surface area contributed by atoms with Crippen LogP contribution in [-0.4, -0.2) is 52.8 Å². The number of alkyl carbamates (subject to hydrolysis) is 1. The number of halogens is 3. The molecule has 3 atom stereocenters. The Morgan fingerprint density at radius 2 is 2.06 bits per heavy atom. The van der Waals surface area contributed by atoms with Gasteiger partial charge in [-0.1, -0.05) is 0 Å². The first-order valence-corrected chi connectivity index (χ1v) is 10.8. The molecule has 3 heterocycles. The van der Waals surface area contributed by atoms with Crippen molar-refractivity contribution in [2.45, 2.75) is 76.9 Å². The lowest BCUT2D eigenvalue weighted by Crippen LogP contribution is -2.48. The van der Waals surface area contributed by atoms with Crippen molar-refractivity contribution in [1.29, 1.82) is 0 Å². The van der Waals surface area contributed by atoms with E-state index in [1.165, 1.54) is 0 Å². The van der Waals surface area contributed by atoms with Crippen LogP contribution in [0.15, 0.2) is 12.3 Å². The van der Waals surface area contributed by atoms with Crippen LogP contribution in [0.2, 0.25) is 0 Å². The number of amides is 2. The van der Waals surface area contributed by atoms with Gasteiger partial charge in [-0.15, -0.1) is 0 Å². The smallest absolute Gasteiger partial charge is 0.417 e. The van der Waals surface area contributed by atoms with Gasteiger partial charge in [-0.3, -0.25) is 9.78 Å². The molecule has 3 unspecified atom stereocenters. The maximum Gasteiger partial charge on any atom is 0.417 e. The molecule has 10 heteroatoms. The molecule has 2 aliphatic heterocycles. The fraction of sp³-hybridized carbons (Fsp3) is 0.682. The minimum Gasteiger partial charge on any atom is -0.444 e. The molecule has 7 nitrogen and oxygen atoms in total. The molecule has 32 heavy (non-hydrogen) atoms. The molecule has 0 aromatic carbocycles. The molecule has 0 bridgehead atoms. The number of aromatic nitrogens is 1. The Hall–Kier alpha value is -2.36. The molecule has 2 fully saturated rings. The second kappa shape index (κ2) is 7.90. The van der Waals surface area contributed by atoms with Crippen molar-refractivity contribution in [3.8, 4) is 0 Å². The number of nitrogens with one attached hydrogen (secondary N) is 1. The highest BCUT2D eigenvalue weighted by Gasteiger charge is 2.58. The van der Waals surface area contributed by atoms with Crippen LogP contribution >= 0.6 is 0 Å². The Kier molecular flexibility index (Phi) is 5.63. The van der Waals surface area contributed by atoms with E-state index in [2.05, 4.69) is 10.3 Å². The van der Waals surface area contributed by atoms with E-state index in [0.717, 1.165) is 12.3 Å². The van der Waals surface area contributed by atoms with E-state index in [-0.39, 0.29) is 24.6 Å². The van der Waals surface area contributed by atoms with Crippen LogP contribution in [0, 0.1) is 5.41 Å². The van der Waals surface area contributed by atoms with Gasteiger partial charge in [0.25, 0.3) is 0 Å². The molecule has 0 spiro atoms. The number of fused-ring (bicyclic) bond motifs is 2. The largest absolute Gasteiger partial charge is 0.444 e. The third-order valence-electron chi connectivity index (χ3n) is 6.39. The summed E-state index contributed by atoms with van der Waals surface area (Å²) in [4.78, 5) is 31.4. The Balaban J connectivity index is 1.48. The normalized spacial score (nSPS) is 27.6. The second-order valence-corrected chi connectivity index (χ2v) is 9.85. The van der Waals surface area contributed by atoms with Gasteiger partial charge in [0, 0.05) is 44.0 Å². The second-order valence-electron chi connectivity index (χ2n) is 9.85. The zero-order valence-corrected chi connectivity index (χ0v) is 18.4. The lowest BCUT2D eigenvalue weighted by atomic mass is 9.80. The number of alkyl halides is 3. The van der Waals surface area contributed by atoms with Gasteiger partial charge in [0.1, 0.15) is 5.60 Å². The van der Waals surface area contributed by atoms with Crippen molar-refractivity contribution in [1.82, 2.24) is 15.2 Å². The molecule has 1 aromatic rings. The third kappa shape index (κ3) is 4.42. The van der Waals surface area contributed by atoms with Crippen molar-refractivity contribution in [2.75, 3.05) is 13.2 Å². The number of hydrogen-bond acceptors (Lipinski definition) is 5. The highest BCUT2D eigenvalue weighted by atomic mass is 19.4. The van der Waals surface area contributed by atoms with Gasteiger partial charge in [0.2, 0.25) is 5.91 Å². The lowest BCUT2D eigenvalue weighted by molar-refractivity contribution is -0.145. The van der Waals surface area contributed by atoms with Crippen molar-refractivity contribution < 1.29 is 32.2 Å². The summed E-state index contributed by atoms with van der Waals surface area (Å²) in [6.45, 7) is 6.25. The summed E-state index contributed by atoms with van der Waals surface area (Å²) in [7, 11) is 0. The summed E-state index contributed by atoms with van der Waals surface area (Å²) in [5.41, 5.74) is -1.21. The molecule has 1 N–H and O–H groups in total. The molecule has 4 rings (SSSR count). The van der Waals surface area contributed by atoms with Crippen molar-refractivity contribution >= 4 is 12.0 Å². The maximum absolute atomic E-state index is 13.6. The molecule has 2 amide bonds. The number of carbonyl (C=O) groups is 2. The summed E-state index contributed by atoms with van der Waals surface area (Å²) in [5, 5.41) is 2.84. The molecule has 1 aromatic heterocycles. The summed E-state index contributed by atoms with van der Waals surface area (Å²) >= 11 is 0. The van der Waals surface area contributed by atoms with E-state index < -0.39 is 28.8 Å². The molecule has 3 aliphatic rings. The van der Waals surface area contributed by atoms with Crippen molar-refractivity contribution in [3.63, 3.8) is 0 Å². The summed E-state index contributed by atoms with van der Waals surface area (Å²) < 4.78 is 50.5. The minimum atomic E-state index is -4.48. The first-order chi connectivity index (χ1) is 14.9. The van der Waals surface area contributed by atoms with Gasteiger partial charge >= 0.3 is 12.3 Å². The zero-order valence-electron chi connectivity index (χ0n) is 18.4. The topological polar surface area (TPSA) is 80.8 Å². The number of hydrogen-bond donors (Lipinski definition) is 1. The molecule has 1 saturated carbocycles. The fourth-order valence-corrected chi connectivity index (χ4v) is 5.00. The number of carbonyl (C=O) groups excluding carboxylic acids is 2. The van der Waals surface area contributed by atoms with E-state index in [1.807, 2.05) is 0 Å². The van der Waals surface area contributed by atoms with E-state index in [1.54, 1.807) is 25.7 Å². The van der Waals surface area contributed by atoms with Crippen molar-refractivity contribution in [2.24, 2.45) is 5.41 Å². The minimum absolute atomic E-state index is 0.0870. The monoisotopic (exact) mass is 455 g/mol. The predicted molar refractivity (Wildman–Crippen MR) is 108 cm³/mol. The van der Waals surface area contributed by atoms with Crippen LogP contribution in [0.1, 0.15) is 56.9 Å². The van der Waals surface area contributed by atoms with Gasteiger partial charge in [-0.25, -0.2) is 4.79 Å². The van der Waals surface area contributed by atoms with Crippen molar-refractivity contribution in [3.05, 3.63) is 29.1 Å². The molecule has 1 saturated heterocycles. The summed E-state index contributed by atoms with van der Waals surface area (Å²) in [6.07, 6.45) is -2.68. The van der Waals surface area contributed by atoms with Crippen LogP contribution in [0.3, 0.4) is 0 Å². The molecule has 1 aliphatic carbocycles. The Bertz CT molecular complexity index is 915. The quantitative estimate of drug-likeness (QED) is 0.739. The molecular formula is C22H28F3N3O4. The van der Waals surface area contributed by atoms with Crippen LogP contribution < -0.4 is 5.32 Å². The van der Waals surface area contributed by atoms with Gasteiger partial charge in [-0.05, 0) is 51.7 Å². The van der Waals surface area contributed by atoms with Crippen LogP contribution in [0.4, 0.5) is 18.0 Å². The van der Waals surface area contributed by atoms with Crippen LogP contribution in [0.25, 0.3) is 0 Å². The lowest BCUT2D eigenvalue weighted by Gasteiger charge is -2.36. The summed E-state index contributed by atoms with van der Waals surface area (Å²) in [6, 6.07) is 0.818. The zero-order chi connectivity index (χ0) is 23.3. The Morgan fingerprint density at radius 3 is 2.75 bits per heavy atom. The van der Waals surface area contributed by atoms with Crippen LogP contribution in [-0.2, 0) is 33.4 Å². The third-order valence-corrected chi connectivity index (χ3v) is 6.39. The predicted octanol–water partition coefficient (Wildman–Crippen LogP) is 3.45. The average molecular weight is 455 g/mol. The summed E-state index contributed by atoms with van der Waals surface area (Å²) in [5.74, 6) is -0.128.